The molecule has 0 bridgehead atoms. The summed E-state index contributed by atoms with van der Waals surface area (Å²) in [5, 5.41) is 1.73. The largest absolute Gasteiger partial charge is 0.466 e. The van der Waals surface area contributed by atoms with Crippen molar-refractivity contribution in [3.05, 3.63) is 32.3 Å². The number of thiophene rings is 1. The van der Waals surface area contributed by atoms with Crippen molar-refractivity contribution in [2.75, 3.05) is 19.7 Å². The summed E-state index contributed by atoms with van der Waals surface area (Å²) >= 11 is 1.24. The molecule has 0 radical (unpaired) electrons. The fourth-order valence-electron chi connectivity index (χ4n) is 3.24. The number of hydrogen-bond donors (Lipinski definition) is 0. The zero-order valence-corrected chi connectivity index (χ0v) is 15.6. The quantitative estimate of drug-likeness (QED) is 0.724. The number of nitrogens with zero attached hydrogens (tertiary/aromatic N) is 3. The number of ether oxygens (including phenoxy) is 1. The summed E-state index contributed by atoms with van der Waals surface area (Å²) in [5.74, 6) is -0.859. The molecule has 0 saturated carbocycles. The van der Waals surface area contributed by atoms with E-state index in [-0.39, 0.29) is 29.9 Å². The van der Waals surface area contributed by atoms with Gasteiger partial charge in [0.15, 0.2) is 0 Å². The Hall–Kier alpha value is -2.42. The first-order valence-corrected chi connectivity index (χ1v) is 9.43. The first-order chi connectivity index (χ1) is 12.4. The number of hydrogen-bond acceptors (Lipinski definition) is 6. The summed E-state index contributed by atoms with van der Waals surface area (Å²) in [4.78, 5) is 50.9. The van der Waals surface area contributed by atoms with Crippen LogP contribution in [0.5, 0.6) is 0 Å². The van der Waals surface area contributed by atoms with Crippen LogP contribution in [0.15, 0.2) is 21.0 Å². The molecule has 1 aliphatic heterocycles. The van der Waals surface area contributed by atoms with Gasteiger partial charge in [0.25, 0.3) is 5.56 Å². The van der Waals surface area contributed by atoms with E-state index < -0.39 is 5.69 Å². The zero-order chi connectivity index (χ0) is 18.8. The maximum absolute atomic E-state index is 12.7. The van der Waals surface area contributed by atoms with Gasteiger partial charge in [0, 0.05) is 20.1 Å². The van der Waals surface area contributed by atoms with Crippen molar-refractivity contribution in [1.82, 2.24) is 14.0 Å². The predicted octanol–water partition coefficient (Wildman–Crippen LogP) is 0.563. The van der Waals surface area contributed by atoms with Gasteiger partial charge in [-0.1, -0.05) is 0 Å². The van der Waals surface area contributed by atoms with Crippen LogP contribution in [-0.4, -0.2) is 45.6 Å². The van der Waals surface area contributed by atoms with Gasteiger partial charge in [-0.25, -0.2) is 4.79 Å². The number of amides is 1. The van der Waals surface area contributed by atoms with Gasteiger partial charge < -0.3 is 9.64 Å². The number of carbonyl (C=O) groups is 2. The lowest BCUT2D eigenvalue weighted by molar-refractivity contribution is -0.151. The fourth-order valence-corrected chi connectivity index (χ4v) is 4.11. The molecule has 1 atom stereocenters. The van der Waals surface area contributed by atoms with Gasteiger partial charge in [0.1, 0.15) is 11.2 Å². The molecule has 2 aromatic heterocycles. The smallest absolute Gasteiger partial charge is 0.331 e. The van der Waals surface area contributed by atoms with Crippen molar-refractivity contribution in [1.29, 1.82) is 0 Å². The Balaban J connectivity index is 1.83. The first-order valence-electron chi connectivity index (χ1n) is 8.55. The Bertz CT molecular complexity index is 957. The predicted molar refractivity (Wildman–Crippen MR) is 97.3 cm³/mol. The lowest BCUT2D eigenvalue weighted by atomic mass is 9.98. The number of esters is 1. The Morgan fingerprint density at radius 3 is 2.85 bits per heavy atom. The fraction of sp³-hybridized carbons (Fsp3) is 0.529. The van der Waals surface area contributed by atoms with Crippen LogP contribution < -0.4 is 11.2 Å². The molecule has 0 spiro atoms. The molecule has 0 aliphatic carbocycles. The number of rotatable bonds is 4. The van der Waals surface area contributed by atoms with Crippen LogP contribution in [0, 0.1) is 5.92 Å². The van der Waals surface area contributed by atoms with E-state index in [4.69, 9.17) is 4.74 Å². The Labute approximate surface area is 153 Å². The van der Waals surface area contributed by atoms with Crippen LogP contribution in [0.1, 0.15) is 19.8 Å². The second kappa shape index (κ2) is 7.45. The summed E-state index contributed by atoms with van der Waals surface area (Å²) in [5.41, 5.74) is -0.410. The van der Waals surface area contributed by atoms with Crippen molar-refractivity contribution in [2.45, 2.75) is 26.3 Å². The van der Waals surface area contributed by atoms with E-state index in [0.29, 0.717) is 42.8 Å². The van der Waals surface area contributed by atoms with Gasteiger partial charge >= 0.3 is 11.7 Å². The molecule has 1 aliphatic rings. The van der Waals surface area contributed by atoms with Crippen LogP contribution >= 0.6 is 11.3 Å². The highest BCUT2D eigenvalue weighted by Crippen LogP contribution is 2.19. The summed E-state index contributed by atoms with van der Waals surface area (Å²) in [6.45, 7) is 2.75. The lowest BCUT2D eigenvalue weighted by Gasteiger charge is -2.31. The Kier molecular flexibility index (Phi) is 5.26. The molecule has 1 amide bonds. The molecule has 26 heavy (non-hydrogen) atoms. The second-order valence-corrected chi connectivity index (χ2v) is 7.21. The van der Waals surface area contributed by atoms with Gasteiger partial charge in [-0.3, -0.25) is 23.5 Å². The number of piperidine rings is 1. The second-order valence-electron chi connectivity index (χ2n) is 6.30. The minimum Gasteiger partial charge on any atom is -0.466 e. The van der Waals surface area contributed by atoms with Crippen molar-refractivity contribution in [3.8, 4) is 0 Å². The first kappa shape index (κ1) is 18.4. The summed E-state index contributed by atoms with van der Waals surface area (Å²) in [6, 6.07) is 1.67. The van der Waals surface area contributed by atoms with Crippen LogP contribution in [0.4, 0.5) is 0 Å². The molecule has 1 fully saturated rings. The van der Waals surface area contributed by atoms with Gasteiger partial charge in [0.2, 0.25) is 5.91 Å². The highest BCUT2D eigenvalue weighted by molar-refractivity contribution is 7.17. The molecule has 3 heterocycles. The minimum atomic E-state index is -0.520. The molecule has 2 aromatic rings. The van der Waals surface area contributed by atoms with Gasteiger partial charge in [0.05, 0.1) is 18.0 Å². The molecule has 1 unspecified atom stereocenters. The molecular weight excluding hydrogens is 358 g/mol. The third-order valence-corrected chi connectivity index (χ3v) is 5.53. The van der Waals surface area contributed by atoms with E-state index in [2.05, 4.69) is 0 Å². The SMILES string of the molecule is CCOC(=O)C1CCCN(C(=O)Cn2c(=O)n(C)c(=O)c3sccc32)C1. The van der Waals surface area contributed by atoms with Crippen molar-refractivity contribution >= 4 is 33.4 Å². The molecule has 0 aromatic carbocycles. The molecule has 3 rings (SSSR count). The number of likely N-dealkylation sites (tertiary alicyclic amines) is 1. The molecule has 8 nitrogen and oxygen atoms in total. The summed E-state index contributed by atoms with van der Waals surface area (Å²) in [6.07, 6.45) is 1.41. The Morgan fingerprint density at radius 2 is 2.12 bits per heavy atom. The van der Waals surface area contributed by atoms with Crippen molar-refractivity contribution in [3.63, 3.8) is 0 Å². The van der Waals surface area contributed by atoms with E-state index in [9.17, 15) is 19.2 Å². The van der Waals surface area contributed by atoms with Crippen LogP contribution in [0.2, 0.25) is 0 Å². The molecular formula is C17H21N3O5S. The number of aromatic nitrogens is 2. The van der Waals surface area contributed by atoms with Crippen LogP contribution in [0.3, 0.4) is 0 Å². The van der Waals surface area contributed by atoms with Gasteiger partial charge in [-0.2, -0.15) is 0 Å². The van der Waals surface area contributed by atoms with Gasteiger partial charge in [-0.05, 0) is 31.2 Å². The standard InChI is InChI=1S/C17H21N3O5S/c1-3-25-16(23)11-5-4-7-19(9-11)13(21)10-20-12-6-8-26-14(12)15(22)18(2)17(20)24/h6,8,11H,3-5,7,9-10H2,1-2H3. The third-order valence-electron chi connectivity index (χ3n) is 4.64. The molecule has 9 heteroatoms. The van der Waals surface area contributed by atoms with E-state index in [1.54, 1.807) is 23.3 Å². The van der Waals surface area contributed by atoms with E-state index in [0.717, 1.165) is 4.57 Å². The summed E-state index contributed by atoms with van der Waals surface area (Å²) < 4.78 is 7.84. The highest BCUT2D eigenvalue weighted by Gasteiger charge is 2.29. The molecule has 0 N–H and O–H groups in total. The molecule has 140 valence electrons. The minimum absolute atomic E-state index is 0.157. The normalized spacial score (nSPS) is 17.5. The zero-order valence-electron chi connectivity index (χ0n) is 14.8. The monoisotopic (exact) mass is 379 g/mol. The van der Waals surface area contributed by atoms with E-state index in [1.807, 2.05) is 0 Å². The van der Waals surface area contributed by atoms with Gasteiger partial charge in [-0.15, -0.1) is 11.3 Å². The average Bonchev–Trinajstić information content (AvgIpc) is 3.13. The average molecular weight is 379 g/mol. The van der Waals surface area contributed by atoms with Crippen molar-refractivity contribution in [2.24, 2.45) is 13.0 Å². The molecule has 1 saturated heterocycles. The van der Waals surface area contributed by atoms with Crippen LogP contribution in [-0.2, 0) is 27.9 Å². The third kappa shape index (κ3) is 3.31. The Morgan fingerprint density at radius 1 is 1.35 bits per heavy atom. The number of carbonyl (C=O) groups excluding carboxylic acids is 2. The highest BCUT2D eigenvalue weighted by atomic mass is 32.1. The van der Waals surface area contributed by atoms with Crippen molar-refractivity contribution < 1.29 is 14.3 Å². The maximum Gasteiger partial charge on any atom is 0.331 e. The maximum atomic E-state index is 12.7. The van der Waals surface area contributed by atoms with E-state index >= 15 is 0 Å². The van der Waals surface area contributed by atoms with E-state index in [1.165, 1.54) is 23.0 Å². The van der Waals surface area contributed by atoms with Crippen LogP contribution in [0.25, 0.3) is 10.2 Å². The summed E-state index contributed by atoms with van der Waals surface area (Å²) in [7, 11) is 1.41. The lowest BCUT2D eigenvalue weighted by Crippen LogP contribution is -2.46. The number of fused-ring (bicyclic) bond motifs is 1. The topological polar surface area (TPSA) is 90.6 Å².